The average Bonchev–Trinajstić information content (AvgIpc) is 3.15. The number of fused-ring (bicyclic) bond motifs is 1. The Morgan fingerprint density at radius 2 is 1.72 bits per heavy atom. The molecule has 2 atom stereocenters. The van der Waals surface area contributed by atoms with Crippen LogP contribution in [0.25, 0.3) is 10.8 Å². The van der Waals surface area contributed by atoms with Gasteiger partial charge in [-0.2, -0.15) is 0 Å². The number of nitrogens with zero attached hydrogens (tertiary/aromatic N) is 2. The Kier molecular flexibility index (Phi) is 8.81. The minimum Gasteiger partial charge on any atom is -0.389 e. The number of likely N-dealkylation sites (N-methyl/N-ethyl adjacent to an activating group) is 1. The highest BCUT2D eigenvalue weighted by Crippen LogP contribution is 2.42. The Bertz CT molecular complexity index is 771. The predicted molar refractivity (Wildman–Crippen MR) is 128 cm³/mol. The SMILES string of the molecule is CN(C)[C@@H]1CCN(CC(c2cccc3ccccc23)C2(O)CCCCC2)C1.Cl.Cl. The van der Waals surface area contributed by atoms with Crippen LogP contribution in [-0.4, -0.2) is 60.3 Å². The molecule has 1 aliphatic carbocycles. The van der Waals surface area contributed by atoms with Gasteiger partial charge < -0.3 is 14.9 Å². The second kappa shape index (κ2) is 10.5. The molecule has 162 valence electrons. The Hall–Kier alpha value is -0.840. The summed E-state index contributed by atoms with van der Waals surface area (Å²) >= 11 is 0. The Morgan fingerprint density at radius 3 is 2.41 bits per heavy atom. The van der Waals surface area contributed by atoms with Gasteiger partial charge in [0, 0.05) is 25.0 Å². The predicted octanol–water partition coefficient (Wildman–Crippen LogP) is 5.10. The molecule has 1 aliphatic heterocycles. The lowest BCUT2D eigenvalue weighted by atomic mass is 9.71. The number of aliphatic hydroxyl groups is 1. The molecular formula is C24H36Cl2N2O. The molecule has 0 aromatic heterocycles. The quantitative estimate of drug-likeness (QED) is 0.703. The molecule has 2 fully saturated rings. The molecule has 1 heterocycles. The molecule has 1 unspecified atom stereocenters. The van der Waals surface area contributed by atoms with Crippen molar-refractivity contribution in [2.24, 2.45) is 0 Å². The third-order valence-electron chi connectivity index (χ3n) is 6.99. The van der Waals surface area contributed by atoms with E-state index in [1.165, 1.54) is 29.2 Å². The van der Waals surface area contributed by atoms with E-state index in [1.807, 2.05) is 0 Å². The van der Waals surface area contributed by atoms with Crippen molar-refractivity contribution in [1.29, 1.82) is 0 Å². The minimum atomic E-state index is -0.571. The van der Waals surface area contributed by atoms with E-state index in [2.05, 4.69) is 66.4 Å². The van der Waals surface area contributed by atoms with E-state index < -0.39 is 5.60 Å². The number of hydrogen-bond acceptors (Lipinski definition) is 3. The van der Waals surface area contributed by atoms with Crippen LogP contribution in [0.15, 0.2) is 42.5 Å². The van der Waals surface area contributed by atoms with Crippen molar-refractivity contribution in [2.45, 2.75) is 56.1 Å². The van der Waals surface area contributed by atoms with Gasteiger partial charge in [-0.1, -0.05) is 61.7 Å². The molecule has 5 heteroatoms. The number of halogens is 2. The number of likely N-dealkylation sites (tertiary alicyclic amines) is 1. The van der Waals surface area contributed by atoms with Crippen molar-refractivity contribution in [1.82, 2.24) is 9.80 Å². The summed E-state index contributed by atoms with van der Waals surface area (Å²) in [4.78, 5) is 4.94. The zero-order valence-electron chi connectivity index (χ0n) is 17.7. The molecule has 3 nitrogen and oxygen atoms in total. The van der Waals surface area contributed by atoms with Gasteiger partial charge in [-0.3, -0.25) is 0 Å². The minimum absolute atomic E-state index is 0. The van der Waals surface area contributed by atoms with Crippen molar-refractivity contribution in [2.75, 3.05) is 33.7 Å². The molecule has 1 saturated heterocycles. The number of rotatable bonds is 5. The first-order valence-corrected chi connectivity index (χ1v) is 10.7. The molecule has 2 aromatic rings. The highest BCUT2D eigenvalue weighted by molar-refractivity contribution is 5.86. The third kappa shape index (κ3) is 5.26. The van der Waals surface area contributed by atoms with Gasteiger partial charge in [0.15, 0.2) is 0 Å². The topological polar surface area (TPSA) is 26.7 Å². The lowest BCUT2D eigenvalue weighted by Crippen LogP contribution is -2.44. The Balaban J connectivity index is 0.00000150. The van der Waals surface area contributed by atoms with Crippen LogP contribution in [0, 0.1) is 0 Å². The summed E-state index contributed by atoms with van der Waals surface area (Å²) in [5, 5.41) is 14.3. The van der Waals surface area contributed by atoms with Gasteiger partial charge in [0.25, 0.3) is 0 Å². The molecule has 1 saturated carbocycles. The lowest BCUT2D eigenvalue weighted by molar-refractivity contribution is -0.0293. The van der Waals surface area contributed by atoms with Gasteiger partial charge in [0.05, 0.1) is 5.60 Å². The number of benzene rings is 2. The van der Waals surface area contributed by atoms with Crippen LogP contribution in [0.2, 0.25) is 0 Å². The molecule has 0 radical (unpaired) electrons. The van der Waals surface area contributed by atoms with Crippen LogP contribution >= 0.6 is 24.8 Å². The van der Waals surface area contributed by atoms with Crippen LogP contribution in [0.3, 0.4) is 0 Å². The van der Waals surface area contributed by atoms with Crippen LogP contribution < -0.4 is 0 Å². The van der Waals surface area contributed by atoms with E-state index in [4.69, 9.17) is 0 Å². The van der Waals surface area contributed by atoms with Crippen molar-refractivity contribution >= 4 is 35.6 Å². The fourth-order valence-electron chi connectivity index (χ4n) is 5.28. The summed E-state index contributed by atoms with van der Waals surface area (Å²) in [6, 6.07) is 15.9. The van der Waals surface area contributed by atoms with E-state index in [0.717, 1.165) is 45.3 Å². The van der Waals surface area contributed by atoms with Crippen molar-refractivity contribution in [3.05, 3.63) is 48.0 Å². The molecule has 2 aromatic carbocycles. The lowest BCUT2D eigenvalue weighted by Gasteiger charge is -2.41. The normalized spacial score (nSPS) is 22.8. The second-order valence-corrected chi connectivity index (χ2v) is 8.95. The Morgan fingerprint density at radius 1 is 1.03 bits per heavy atom. The van der Waals surface area contributed by atoms with Crippen molar-refractivity contribution in [3.8, 4) is 0 Å². The van der Waals surface area contributed by atoms with Crippen molar-refractivity contribution < 1.29 is 5.11 Å². The molecule has 0 amide bonds. The summed E-state index contributed by atoms with van der Waals surface area (Å²) in [5.41, 5.74) is 0.768. The molecule has 1 N–H and O–H groups in total. The standard InChI is InChI=1S/C24H34N2O.2ClH/c1-25(2)20-13-16-26(17-20)18-23(24(27)14-6-3-7-15-24)22-12-8-10-19-9-4-5-11-21(19)22;;/h4-5,8-12,20,23,27H,3,6-7,13-18H2,1-2H3;2*1H/t20-,23?;;/m1../s1. The maximum atomic E-state index is 11.7. The van der Waals surface area contributed by atoms with Gasteiger partial charge in [0.1, 0.15) is 0 Å². The van der Waals surface area contributed by atoms with Crippen LogP contribution in [0.5, 0.6) is 0 Å². The van der Waals surface area contributed by atoms with E-state index in [1.54, 1.807) is 0 Å². The molecule has 0 bridgehead atoms. The summed E-state index contributed by atoms with van der Waals surface area (Å²) < 4.78 is 0. The van der Waals surface area contributed by atoms with Gasteiger partial charge in [0.2, 0.25) is 0 Å². The highest BCUT2D eigenvalue weighted by Gasteiger charge is 2.41. The summed E-state index contributed by atoms with van der Waals surface area (Å²) in [6.07, 6.45) is 6.67. The maximum Gasteiger partial charge on any atom is 0.0728 e. The summed E-state index contributed by atoms with van der Waals surface area (Å²) in [5.74, 6) is 0.185. The molecule has 2 aliphatic rings. The fraction of sp³-hybridized carbons (Fsp3) is 0.583. The average molecular weight is 439 g/mol. The Labute approximate surface area is 188 Å². The van der Waals surface area contributed by atoms with Crippen LogP contribution in [0.4, 0.5) is 0 Å². The highest BCUT2D eigenvalue weighted by atomic mass is 35.5. The van der Waals surface area contributed by atoms with Gasteiger partial charge in [-0.25, -0.2) is 0 Å². The van der Waals surface area contributed by atoms with Crippen LogP contribution in [-0.2, 0) is 0 Å². The molecule has 29 heavy (non-hydrogen) atoms. The fourth-order valence-corrected chi connectivity index (χ4v) is 5.28. The smallest absolute Gasteiger partial charge is 0.0728 e. The van der Waals surface area contributed by atoms with E-state index in [9.17, 15) is 5.11 Å². The zero-order valence-corrected chi connectivity index (χ0v) is 19.4. The van der Waals surface area contributed by atoms with Gasteiger partial charge in [-0.15, -0.1) is 24.8 Å². The summed E-state index contributed by atoms with van der Waals surface area (Å²) in [7, 11) is 4.37. The van der Waals surface area contributed by atoms with Gasteiger partial charge in [-0.05, 0) is 56.2 Å². The monoisotopic (exact) mass is 438 g/mol. The van der Waals surface area contributed by atoms with E-state index >= 15 is 0 Å². The molecule has 0 spiro atoms. The van der Waals surface area contributed by atoms with E-state index in [0.29, 0.717) is 6.04 Å². The maximum absolute atomic E-state index is 11.7. The van der Waals surface area contributed by atoms with Crippen molar-refractivity contribution in [3.63, 3.8) is 0 Å². The first-order chi connectivity index (χ1) is 13.1. The molecular weight excluding hydrogens is 403 g/mol. The van der Waals surface area contributed by atoms with Gasteiger partial charge >= 0.3 is 0 Å². The largest absolute Gasteiger partial charge is 0.389 e. The summed E-state index contributed by atoms with van der Waals surface area (Å²) in [6.45, 7) is 3.22. The molecule has 4 rings (SSSR count). The van der Waals surface area contributed by atoms with E-state index in [-0.39, 0.29) is 30.7 Å². The first kappa shape index (κ1) is 24.4. The first-order valence-electron chi connectivity index (χ1n) is 10.7. The zero-order chi connectivity index (χ0) is 18.9. The number of hydrogen-bond donors (Lipinski definition) is 1. The third-order valence-corrected chi connectivity index (χ3v) is 6.99. The van der Waals surface area contributed by atoms with Crippen LogP contribution in [0.1, 0.15) is 50.0 Å². The second-order valence-electron chi connectivity index (χ2n) is 8.95.